The number of fused-ring (bicyclic) bond motifs is 2. The van der Waals surface area contributed by atoms with E-state index >= 15 is 0 Å². The topological polar surface area (TPSA) is 95.4 Å². The molecule has 0 bridgehead atoms. The first kappa shape index (κ1) is 27.9. The van der Waals surface area contributed by atoms with Crippen LogP contribution in [0.1, 0.15) is 24.0 Å². The predicted octanol–water partition coefficient (Wildman–Crippen LogP) is 5.53. The molecule has 0 saturated carbocycles. The standard InChI is InChI=1S/C34H38N6O2/c41-22-26-7-5-25(6-8-26)11-15-37-34-30-10-9-28(21-33(30)38-24-39-34)42-23-27-13-18-40(19-14-27)20-17-36-32-12-16-35-31-4-2-1-3-29(31)32/h1-10,12,16,21,24,27,41H,11,13-15,17-20,22-23H2,(H,35,36)(H,37,38,39). The lowest BCUT2D eigenvalue weighted by atomic mass is 9.98. The Bertz CT molecular complexity index is 1600. The van der Waals surface area contributed by atoms with Gasteiger partial charge in [0.05, 0.1) is 24.2 Å². The number of aliphatic hydroxyl groups excluding tert-OH is 1. The molecule has 0 spiro atoms. The Morgan fingerprint density at radius 2 is 1.64 bits per heavy atom. The zero-order chi connectivity index (χ0) is 28.6. The van der Waals surface area contributed by atoms with E-state index in [9.17, 15) is 5.11 Å². The van der Waals surface area contributed by atoms with Crippen molar-refractivity contribution in [1.29, 1.82) is 0 Å². The van der Waals surface area contributed by atoms with Crippen LogP contribution in [-0.4, -0.2) is 64.3 Å². The minimum Gasteiger partial charge on any atom is -0.493 e. The number of hydrogen-bond donors (Lipinski definition) is 3. The normalized spacial score (nSPS) is 14.3. The van der Waals surface area contributed by atoms with E-state index < -0.39 is 0 Å². The summed E-state index contributed by atoms with van der Waals surface area (Å²) in [6.45, 7) is 5.70. The molecule has 2 aromatic heterocycles. The molecular formula is C34H38N6O2. The summed E-state index contributed by atoms with van der Waals surface area (Å²) in [4.78, 5) is 15.9. The molecule has 0 atom stereocenters. The van der Waals surface area contributed by atoms with Gasteiger partial charge in [0.15, 0.2) is 0 Å². The lowest BCUT2D eigenvalue weighted by Gasteiger charge is -2.32. The number of anilines is 2. The zero-order valence-corrected chi connectivity index (χ0v) is 23.9. The largest absolute Gasteiger partial charge is 0.493 e. The van der Waals surface area contributed by atoms with E-state index in [0.717, 1.165) is 97.8 Å². The number of hydrogen-bond acceptors (Lipinski definition) is 8. The highest BCUT2D eigenvalue weighted by molar-refractivity contribution is 5.91. The molecule has 6 rings (SSSR count). The smallest absolute Gasteiger partial charge is 0.137 e. The molecule has 1 aliphatic heterocycles. The molecule has 3 N–H and O–H groups in total. The number of ether oxygens (including phenoxy) is 1. The number of para-hydroxylation sites is 1. The number of likely N-dealkylation sites (tertiary alicyclic amines) is 1. The number of nitrogens with one attached hydrogen (secondary N) is 2. The van der Waals surface area contributed by atoms with Gasteiger partial charge >= 0.3 is 0 Å². The van der Waals surface area contributed by atoms with Crippen LogP contribution < -0.4 is 15.4 Å². The minimum absolute atomic E-state index is 0.0700. The van der Waals surface area contributed by atoms with Crippen molar-refractivity contribution in [2.45, 2.75) is 25.9 Å². The molecule has 8 heteroatoms. The Morgan fingerprint density at radius 1 is 0.810 bits per heavy atom. The minimum atomic E-state index is 0.0700. The van der Waals surface area contributed by atoms with Gasteiger partial charge in [0.2, 0.25) is 0 Å². The van der Waals surface area contributed by atoms with Gasteiger partial charge in [-0.2, -0.15) is 0 Å². The van der Waals surface area contributed by atoms with Crippen molar-refractivity contribution in [3.05, 3.63) is 96.4 Å². The number of benzene rings is 3. The summed E-state index contributed by atoms with van der Waals surface area (Å²) in [7, 11) is 0. The highest BCUT2D eigenvalue weighted by atomic mass is 16.5. The maximum atomic E-state index is 9.22. The van der Waals surface area contributed by atoms with Crippen molar-refractivity contribution >= 4 is 33.3 Å². The molecule has 3 aromatic carbocycles. The Hall–Kier alpha value is -4.27. The molecule has 42 heavy (non-hydrogen) atoms. The molecule has 0 unspecified atom stereocenters. The monoisotopic (exact) mass is 562 g/mol. The summed E-state index contributed by atoms with van der Waals surface area (Å²) in [6.07, 6.45) is 6.63. The lowest BCUT2D eigenvalue weighted by molar-refractivity contribution is 0.145. The van der Waals surface area contributed by atoms with Gasteiger partial charge in [-0.3, -0.25) is 4.98 Å². The van der Waals surface area contributed by atoms with E-state index in [2.05, 4.69) is 66.9 Å². The van der Waals surface area contributed by atoms with E-state index in [1.165, 1.54) is 10.9 Å². The second-order valence-electron chi connectivity index (χ2n) is 11.0. The second-order valence-corrected chi connectivity index (χ2v) is 11.0. The summed E-state index contributed by atoms with van der Waals surface area (Å²) in [5, 5.41) is 18.4. The molecule has 0 aliphatic carbocycles. The number of aromatic nitrogens is 3. The average Bonchev–Trinajstić information content (AvgIpc) is 3.05. The van der Waals surface area contributed by atoms with Crippen LogP contribution in [0.3, 0.4) is 0 Å². The third-order valence-corrected chi connectivity index (χ3v) is 8.11. The number of nitrogens with zero attached hydrogens (tertiary/aromatic N) is 4. The van der Waals surface area contributed by atoms with Gasteiger partial charge in [0.1, 0.15) is 17.9 Å². The SMILES string of the molecule is OCc1ccc(CCNc2ncnc3cc(OCC4CCN(CCNc5ccnc6ccccc56)CC4)ccc23)cc1. The van der Waals surface area contributed by atoms with Crippen LogP contribution in [-0.2, 0) is 13.0 Å². The average molecular weight is 563 g/mol. The van der Waals surface area contributed by atoms with Crippen molar-refractivity contribution < 1.29 is 9.84 Å². The summed E-state index contributed by atoms with van der Waals surface area (Å²) in [5.74, 6) is 2.24. The predicted molar refractivity (Wildman–Crippen MR) is 169 cm³/mol. The molecule has 8 nitrogen and oxygen atoms in total. The fraction of sp³-hybridized carbons (Fsp3) is 0.324. The van der Waals surface area contributed by atoms with Crippen LogP contribution in [0, 0.1) is 5.92 Å². The van der Waals surface area contributed by atoms with Crippen LogP contribution in [0.5, 0.6) is 5.75 Å². The van der Waals surface area contributed by atoms with Crippen molar-refractivity contribution in [2.75, 3.05) is 50.0 Å². The fourth-order valence-electron chi connectivity index (χ4n) is 5.59. The Balaban J connectivity index is 0.941. The number of aliphatic hydroxyl groups is 1. The maximum absolute atomic E-state index is 9.22. The number of rotatable bonds is 12. The maximum Gasteiger partial charge on any atom is 0.137 e. The van der Waals surface area contributed by atoms with Gasteiger partial charge in [-0.25, -0.2) is 9.97 Å². The zero-order valence-electron chi connectivity index (χ0n) is 23.9. The van der Waals surface area contributed by atoms with Gasteiger partial charge in [-0.1, -0.05) is 42.5 Å². The van der Waals surface area contributed by atoms with Crippen LogP contribution in [0.2, 0.25) is 0 Å². The van der Waals surface area contributed by atoms with Crippen LogP contribution >= 0.6 is 0 Å². The van der Waals surface area contributed by atoms with Crippen molar-refractivity contribution in [1.82, 2.24) is 19.9 Å². The fourth-order valence-corrected chi connectivity index (χ4v) is 5.59. The van der Waals surface area contributed by atoms with E-state index in [0.29, 0.717) is 5.92 Å². The molecule has 1 saturated heterocycles. The van der Waals surface area contributed by atoms with Gasteiger partial charge < -0.3 is 25.4 Å². The molecule has 5 aromatic rings. The first-order valence-corrected chi connectivity index (χ1v) is 14.9. The van der Waals surface area contributed by atoms with E-state index in [1.54, 1.807) is 6.33 Å². The lowest BCUT2D eigenvalue weighted by Crippen LogP contribution is -2.38. The second kappa shape index (κ2) is 13.6. The molecule has 1 aliphatic rings. The van der Waals surface area contributed by atoms with Gasteiger partial charge in [-0.05, 0) is 73.7 Å². The Labute approximate surface area is 246 Å². The van der Waals surface area contributed by atoms with Crippen LogP contribution in [0.15, 0.2) is 85.3 Å². The Morgan fingerprint density at radius 3 is 2.50 bits per heavy atom. The molecule has 1 fully saturated rings. The van der Waals surface area contributed by atoms with Gasteiger partial charge in [0.25, 0.3) is 0 Å². The molecule has 3 heterocycles. The van der Waals surface area contributed by atoms with Gasteiger partial charge in [0, 0.05) is 48.4 Å². The van der Waals surface area contributed by atoms with Crippen molar-refractivity contribution in [3.8, 4) is 5.75 Å². The summed E-state index contributed by atoms with van der Waals surface area (Å²) in [5.41, 5.74) is 5.20. The highest BCUT2D eigenvalue weighted by Crippen LogP contribution is 2.26. The van der Waals surface area contributed by atoms with E-state index in [-0.39, 0.29) is 6.61 Å². The van der Waals surface area contributed by atoms with Gasteiger partial charge in [-0.15, -0.1) is 0 Å². The quantitative estimate of drug-likeness (QED) is 0.183. The molecule has 0 radical (unpaired) electrons. The molecular weight excluding hydrogens is 524 g/mol. The van der Waals surface area contributed by atoms with Crippen molar-refractivity contribution in [3.63, 3.8) is 0 Å². The first-order chi connectivity index (χ1) is 20.7. The third kappa shape index (κ3) is 6.95. The number of pyridine rings is 1. The van der Waals surface area contributed by atoms with Crippen LogP contribution in [0.4, 0.5) is 11.5 Å². The summed E-state index contributed by atoms with van der Waals surface area (Å²) in [6, 6.07) is 24.4. The summed E-state index contributed by atoms with van der Waals surface area (Å²) < 4.78 is 6.23. The van der Waals surface area contributed by atoms with Crippen molar-refractivity contribution in [2.24, 2.45) is 5.92 Å². The van der Waals surface area contributed by atoms with E-state index in [1.807, 2.05) is 42.6 Å². The molecule has 0 amide bonds. The Kier molecular flexibility index (Phi) is 9.02. The van der Waals surface area contributed by atoms with E-state index in [4.69, 9.17) is 4.74 Å². The van der Waals surface area contributed by atoms with Crippen LogP contribution in [0.25, 0.3) is 21.8 Å². The molecule has 216 valence electrons. The first-order valence-electron chi connectivity index (χ1n) is 14.9. The summed E-state index contributed by atoms with van der Waals surface area (Å²) >= 11 is 0. The highest BCUT2D eigenvalue weighted by Gasteiger charge is 2.19. The number of piperidine rings is 1. The third-order valence-electron chi connectivity index (χ3n) is 8.11.